The Morgan fingerprint density at radius 1 is 0.299 bits per heavy atom. The fourth-order valence-corrected chi connectivity index (χ4v) is 13.5. The van der Waals surface area contributed by atoms with E-state index in [0.29, 0.717) is 25.7 Å². The highest BCUT2D eigenvalue weighted by molar-refractivity contribution is 7.47. The van der Waals surface area contributed by atoms with Crippen LogP contribution in [0, 0.1) is 17.8 Å². The highest BCUT2D eigenvalue weighted by Gasteiger charge is 2.30. The molecule has 0 aromatic heterocycles. The number of hydrogen-bond acceptors (Lipinski definition) is 15. The molecule has 0 aliphatic carbocycles. The Morgan fingerprint density at radius 3 is 0.784 bits per heavy atom. The van der Waals surface area contributed by atoms with Gasteiger partial charge < -0.3 is 33.8 Å². The molecule has 17 nitrogen and oxygen atoms in total. The van der Waals surface area contributed by atoms with E-state index in [0.717, 1.165) is 108 Å². The fraction of sp³-hybridized carbons (Fsp3) is 0.949. The number of rotatable bonds is 76. The van der Waals surface area contributed by atoms with Gasteiger partial charge in [0.1, 0.15) is 19.3 Å². The van der Waals surface area contributed by atoms with Crippen LogP contribution in [0.3, 0.4) is 0 Å². The van der Waals surface area contributed by atoms with Gasteiger partial charge in [-0.25, -0.2) is 9.13 Å². The molecule has 0 aromatic rings. The predicted octanol–water partition coefficient (Wildman–Crippen LogP) is 23.0. The van der Waals surface area contributed by atoms with Crippen LogP contribution in [0.5, 0.6) is 0 Å². The van der Waals surface area contributed by atoms with Gasteiger partial charge in [-0.15, -0.1) is 0 Å². The second-order valence-electron chi connectivity index (χ2n) is 29.1. The summed E-state index contributed by atoms with van der Waals surface area (Å²) in [4.78, 5) is 72.9. The van der Waals surface area contributed by atoms with Crippen LogP contribution < -0.4 is 0 Å². The molecule has 0 saturated heterocycles. The van der Waals surface area contributed by atoms with E-state index >= 15 is 0 Å². The number of aliphatic hydroxyl groups excluding tert-OH is 1. The average molecular weight is 1420 g/mol. The first-order valence-electron chi connectivity index (χ1n) is 40.4. The molecule has 0 bridgehead atoms. The van der Waals surface area contributed by atoms with E-state index in [9.17, 15) is 43.2 Å². The van der Waals surface area contributed by atoms with Gasteiger partial charge in [0.15, 0.2) is 12.2 Å². The lowest BCUT2D eigenvalue weighted by Crippen LogP contribution is -2.30. The summed E-state index contributed by atoms with van der Waals surface area (Å²) in [6, 6.07) is 0. The monoisotopic (exact) mass is 1420 g/mol. The van der Waals surface area contributed by atoms with Crippen LogP contribution in [0.25, 0.3) is 0 Å². The molecule has 3 N–H and O–H groups in total. The Kier molecular flexibility index (Phi) is 67.1. The molecule has 0 amide bonds. The number of carbonyl (C=O) groups is 4. The van der Waals surface area contributed by atoms with Gasteiger partial charge in [0, 0.05) is 25.7 Å². The molecular formula is C78H152O17P2. The van der Waals surface area contributed by atoms with Crippen molar-refractivity contribution in [2.24, 2.45) is 17.8 Å². The van der Waals surface area contributed by atoms with E-state index < -0.39 is 97.5 Å². The number of carbonyl (C=O) groups excluding carboxylic acids is 4. The maximum absolute atomic E-state index is 13.1. The highest BCUT2D eigenvalue weighted by Crippen LogP contribution is 2.45. The van der Waals surface area contributed by atoms with Crippen molar-refractivity contribution in [1.29, 1.82) is 0 Å². The van der Waals surface area contributed by atoms with E-state index in [1.807, 2.05) is 0 Å². The van der Waals surface area contributed by atoms with Gasteiger partial charge in [-0.2, -0.15) is 0 Å². The summed E-state index contributed by atoms with van der Waals surface area (Å²) in [6.07, 6.45) is 55.5. The van der Waals surface area contributed by atoms with Crippen LogP contribution in [0.4, 0.5) is 0 Å². The standard InChI is InChI=1S/C78H152O17P2/c1-8-11-12-13-14-15-16-17-18-19-20-21-22-23-24-25-30-40-47-54-61-77(82)94-73(65-88-75(80)59-52-45-38-29-27-26-28-35-42-49-56-69(4)5)67-92-96(84,85)90-63-72(79)64-91-97(86,87)93-68-74(95-78(83)62-55-48-41-34-32-37-44-51-58-71(7)10-3)66-89-76(81)60-53-46-39-33-31-36-43-50-57-70(6)9-2/h69-74,79H,8-68H2,1-7H3,(H,84,85)(H,86,87)/t70?,71?,72-,73-,74-/m1/s1. The van der Waals surface area contributed by atoms with Gasteiger partial charge >= 0.3 is 39.5 Å². The topological polar surface area (TPSA) is 237 Å². The molecule has 576 valence electrons. The molecule has 0 rings (SSSR count). The maximum atomic E-state index is 13.1. The smallest absolute Gasteiger partial charge is 0.462 e. The van der Waals surface area contributed by atoms with Crippen LogP contribution in [0.15, 0.2) is 0 Å². The Morgan fingerprint density at radius 2 is 0.526 bits per heavy atom. The van der Waals surface area contributed by atoms with Gasteiger partial charge in [0.05, 0.1) is 26.4 Å². The Bertz CT molecular complexity index is 1890. The first-order chi connectivity index (χ1) is 46.8. The third-order valence-electron chi connectivity index (χ3n) is 18.9. The summed E-state index contributed by atoms with van der Waals surface area (Å²) in [6.45, 7) is 11.9. The third-order valence-corrected chi connectivity index (χ3v) is 20.8. The summed E-state index contributed by atoms with van der Waals surface area (Å²) >= 11 is 0. The molecule has 0 aliphatic rings. The third kappa shape index (κ3) is 69.5. The Balaban J connectivity index is 5.24. The summed E-state index contributed by atoms with van der Waals surface area (Å²) in [5.41, 5.74) is 0. The number of esters is 4. The summed E-state index contributed by atoms with van der Waals surface area (Å²) in [7, 11) is -9.92. The minimum absolute atomic E-state index is 0.104. The van der Waals surface area contributed by atoms with Gasteiger partial charge in [-0.3, -0.25) is 37.3 Å². The fourth-order valence-electron chi connectivity index (χ4n) is 11.9. The number of aliphatic hydroxyl groups is 1. The lowest BCUT2D eigenvalue weighted by Gasteiger charge is -2.21. The number of ether oxygens (including phenoxy) is 4. The second-order valence-corrected chi connectivity index (χ2v) is 32.0. The molecule has 4 unspecified atom stereocenters. The number of phosphoric acid groups is 2. The Hall–Kier alpha value is -1.94. The van der Waals surface area contributed by atoms with E-state index in [2.05, 4.69) is 48.5 Å². The van der Waals surface area contributed by atoms with E-state index in [-0.39, 0.29) is 25.7 Å². The van der Waals surface area contributed by atoms with E-state index in [1.54, 1.807) is 0 Å². The molecule has 0 aliphatic heterocycles. The summed E-state index contributed by atoms with van der Waals surface area (Å²) < 4.78 is 68.6. The van der Waals surface area contributed by atoms with Crippen molar-refractivity contribution in [3.8, 4) is 0 Å². The molecule has 0 spiro atoms. The van der Waals surface area contributed by atoms with Crippen molar-refractivity contribution in [3.05, 3.63) is 0 Å². The van der Waals surface area contributed by atoms with Crippen molar-refractivity contribution in [1.82, 2.24) is 0 Å². The number of phosphoric ester groups is 2. The van der Waals surface area contributed by atoms with Crippen LogP contribution >= 0.6 is 15.6 Å². The number of hydrogen-bond donors (Lipinski definition) is 3. The van der Waals surface area contributed by atoms with Crippen molar-refractivity contribution in [2.45, 2.75) is 420 Å². The molecule has 0 saturated carbocycles. The zero-order valence-electron chi connectivity index (χ0n) is 63.5. The van der Waals surface area contributed by atoms with Crippen molar-refractivity contribution in [2.75, 3.05) is 39.6 Å². The molecule has 7 atom stereocenters. The van der Waals surface area contributed by atoms with E-state index in [4.69, 9.17) is 37.0 Å². The lowest BCUT2D eigenvalue weighted by molar-refractivity contribution is -0.161. The van der Waals surface area contributed by atoms with Crippen LogP contribution in [-0.4, -0.2) is 96.7 Å². The van der Waals surface area contributed by atoms with Gasteiger partial charge in [-0.1, -0.05) is 350 Å². The van der Waals surface area contributed by atoms with Crippen LogP contribution in [-0.2, 0) is 65.4 Å². The minimum atomic E-state index is -4.96. The zero-order chi connectivity index (χ0) is 71.6. The molecule has 97 heavy (non-hydrogen) atoms. The molecule has 0 heterocycles. The quantitative estimate of drug-likeness (QED) is 0.0222. The molecule has 0 fully saturated rings. The van der Waals surface area contributed by atoms with Gasteiger partial charge in [0.2, 0.25) is 0 Å². The average Bonchev–Trinajstić information content (AvgIpc) is 1.46. The van der Waals surface area contributed by atoms with Gasteiger partial charge in [-0.05, 0) is 43.4 Å². The Labute approximate surface area is 594 Å². The molecular weight excluding hydrogens is 1270 g/mol. The highest BCUT2D eigenvalue weighted by atomic mass is 31.2. The molecule has 0 aromatic carbocycles. The minimum Gasteiger partial charge on any atom is -0.462 e. The lowest BCUT2D eigenvalue weighted by atomic mass is 9.99. The van der Waals surface area contributed by atoms with E-state index in [1.165, 1.54) is 212 Å². The molecule has 0 radical (unpaired) electrons. The summed E-state index contributed by atoms with van der Waals surface area (Å²) in [5.74, 6) is 0.188. The first-order valence-corrected chi connectivity index (χ1v) is 43.4. The van der Waals surface area contributed by atoms with Gasteiger partial charge in [0.25, 0.3) is 0 Å². The predicted molar refractivity (Wildman–Crippen MR) is 395 cm³/mol. The van der Waals surface area contributed by atoms with Crippen molar-refractivity contribution in [3.63, 3.8) is 0 Å². The van der Waals surface area contributed by atoms with Crippen molar-refractivity contribution < 1.29 is 80.2 Å². The first kappa shape index (κ1) is 95.1. The van der Waals surface area contributed by atoms with Crippen LogP contribution in [0.2, 0.25) is 0 Å². The normalized spacial score (nSPS) is 14.6. The maximum Gasteiger partial charge on any atom is 0.472 e. The SMILES string of the molecule is CCCCCCCCCCCCCCCCCCCCCCC(=O)O[C@H](COC(=O)CCCCCCCCCCCCC(C)C)COP(=O)(O)OC[C@@H](O)COP(=O)(O)OC[C@@H](COC(=O)CCCCCCCCCCC(C)CC)OC(=O)CCCCCCCCCCC(C)CC. The zero-order valence-corrected chi connectivity index (χ0v) is 65.3. The second kappa shape index (κ2) is 68.5. The largest absolute Gasteiger partial charge is 0.472 e. The number of unbranched alkanes of at least 4 members (excludes halogenated alkanes) is 42. The summed E-state index contributed by atoms with van der Waals surface area (Å²) in [5, 5.41) is 10.6. The van der Waals surface area contributed by atoms with Crippen LogP contribution in [0.1, 0.15) is 402 Å². The molecule has 19 heteroatoms. The van der Waals surface area contributed by atoms with Crippen molar-refractivity contribution >= 4 is 39.5 Å².